The van der Waals surface area contributed by atoms with Gasteiger partial charge in [-0.15, -0.1) is 0 Å². The lowest BCUT2D eigenvalue weighted by Gasteiger charge is -2.24. The van der Waals surface area contributed by atoms with E-state index in [0.717, 1.165) is 75.6 Å². The van der Waals surface area contributed by atoms with Crippen molar-refractivity contribution < 1.29 is 9.13 Å². The van der Waals surface area contributed by atoms with Crippen molar-refractivity contribution in [3.8, 4) is 17.1 Å². The van der Waals surface area contributed by atoms with Gasteiger partial charge in [-0.2, -0.15) is 0 Å². The van der Waals surface area contributed by atoms with E-state index in [-0.39, 0.29) is 5.82 Å². The monoisotopic (exact) mass is 449 g/mol. The SMILES string of the molecule is CCCCn1c(CN(CCC(C)C)Cc2ccc3c(c2)CCO3)cnc1-c1cccc(F)c1. The maximum atomic E-state index is 13.9. The summed E-state index contributed by atoms with van der Waals surface area (Å²) in [5.41, 5.74) is 4.67. The minimum absolute atomic E-state index is 0.224. The number of hydrogen-bond donors (Lipinski definition) is 0. The molecule has 2 heterocycles. The molecular weight excluding hydrogens is 413 g/mol. The zero-order chi connectivity index (χ0) is 23.2. The summed E-state index contributed by atoms with van der Waals surface area (Å²) in [6.45, 7) is 11.2. The molecule has 0 saturated heterocycles. The first-order valence-corrected chi connectivity index (χ1v) is 12.3. The van der Waals surface area contributed by atoms with Crippen molar-refractivity contribution in [2.45, 2.75) is 66.1 Å². The summed E-state index contributed by atoms with van der Waals surface area (Å²) in [7, 11) is 0. The lowest BCUT2D eigenvalue weighted by atomic mass is 10.1. The molecule has 0 amide bonds. The largest absolute Gasteiger partial charge is 0.493 e. The second kappa shape index (κ2) is 11.0. The van der Waals surface area contributed by atoms with Crippen molar-refractivity contribution in [2.24, 2.45) is 5.92 Å². The number of hydrogen-bond acceptors (Lipinski definition) is 3. The second-order valence-corrected chi connectivity index (χ2v) is 9.52. The highest BCUT2D eigenvalue weighted by Crippen LogP contribution is 2.27. The minimum Gasteiger partial charge on any atom is -0.493 e. The third-order valence-corrected chi connectivity index (χ3v) is 6.32. The quantitative estimate of drug-likeness (QED) is 0.336. The number of rotatable bonds is 11. The Morgan fingerprint density at radius 3 is 2.82 bits per heavy atom. The summed E-state index contributed by atoms with van der Waals surface area (Å²) in [4.78, 5) is 7.26. The Bertz CT molecular complexity index is 1060. The van der Waals surface area contributed by atoms with Crippen LogP contribution in [0.4, 0.5) is 4.39 Å². The fourth-order valence-electron chi connectivity index (χ4n) is 4.44. The Labute approximate surface area is 197 Å². The van der Waals surface area contributed by atoms with Crippen LogP contribution in [0, 0.1) is 11.7 Å². The standard InChI is InChI=1S/C28H36FN3O/c1-4-5-13-32-26(18-30-28(32)24-7-6-8-25(29)17-24)20-31(14-11-21(2)3)19-22-9-10-27-23(16-22)12-15-33-27/h6-10,16-18,21H,4-5,11-15,19-20H2,1-3H3. The molecule has 5 heteroatoms. The zero-order valence-electron chi connectivity index (χ0n) is 20.2. The maximum absolute atomic E-state index is 13.9. The van der Waals surface area contributed by atoms with E-state index in [9.17, 15) is 4.39 Å². The molecule has 33 heavy (non-hydrogen) atoms. The summed E-state index contributed by atoms with van der Waals surface area (Å²) in [6, 6.07) is 13.4. The first-order valence-electron chi connectivity index (χ1n) is 12.3. The van der Waals surface area contributed by atoms with Gasteiger partial charge in [0.15, 0.2) is 0 Å². The van der Waals surface area contributed by atoms with E-state index >= 15 is 0 Å². The number of halogens is 1. The minimum atomic E-state index is -0.224. The molecule has 2 aromatic carbocycles. The molecular formula is C28H36FN3O. The molecule has 0 aliphatic carbocycles. The van der Waals surface area contributed by atoms with Crippen molar-refractivity contribution in [1.82, 2.24) is 14.5 Å². The molecule has 0 radical (unpaired) electrons. The van der Waals surface area contributed by atoms with E-state index < -0.39 is 0 Å². The Morgan fingerprint density at radius 2 is 2.03 bits per heavy atom. The van der Waals surface area contributed by atoms with Gasteiger partial charge in [0, 0.05) is 31.6 Å². The van der Waals surface area contributed by atoms with Gasteiger partial charge in [0.1, 0.15) is 17.4 Å². The van der Waals surface area contributed by atoms with Gasteiger partial charge in [-0.3, -0.25) is 4.90 Å². The molecule has 0 saturated carbocycles. The van der Waals surface area contributed by atoms with Gasteiger partial charge in [0.05, 0.1) is 18.5 Å². The molecule has 0 spiro atoms. The van der Waals surface area contributed by atoms with Crippen molar-refractivity contribution in [1.29, 1.82) is 0 Å². The second-order valence-electron chi connectivity index (χ2n) is 9.52. The number of imidazole rings is 1. The number of aromatic nitrogens is 2. The van der Waals surface area contributed by atoms with Crippen molar-refractivity contribution in [3.05, 3.63) is 71.3 Å². The highest BCUT2D eigenvalue weighted by atomic mass is 19.1. The molecule has 176 valence electrons. The summed E-state index contributed by atoms with van der Waals surface area (Å²) in [5, 5.41) is 0. The van der Waals surface area contributed by atoms with Crippen LogP contribution in [-0.4, -0.2) is 27.6 Å². The Kier molecular flexibility index (Phi) is 7.81. The van der Waals surface area contributed by atoms with E-state index in [4.69, 9.17) is 9.72 Å². The van der Waals surface area contributed by atoms with Crippen LogP contribution in [-0.2, 0) is 26.1 Å². The summed E-state index contributed by atoms with van der Waals surface area (Å²) < 4.78 is 21.9. The summed E-state index contributed by atoms with van der Waals surface area (Å²) in [5.74, 6) is 2.31. The summed E-state index contributed by atoms with van der Waals surface area (Å²) in [6.07, 6.45) is 6.30. The third-order valence-electron chi connectivity index (χ3n) is 6.32. The first kappa shape index (κ1) is 23.5. The van der Waals surface area contributed by atoms with Gasteiger partial charge in [-0.05, 0) is 54.6 Å². The Hall–Kier alpha value is -2.66. The van der Waals surface area contributed by atoms with Crippen LogP contribution in [0.1, 0.15) is 56.9 Å². The third kappa shape index (κ3) is 6.02. The number of unbranched alkanes of at least 4 members (excludes halogenated alkanes) is 1. The molecule has 0 atom stereocenters. The molecule has 0 bridgehead atoms. The smallest absolute Gasteiger partial charge is 0.140 e. The van der Waals surface area contributed by atoms with Crippen molar-refractivity contribution >= 4 is 0 Å². The fourth-order valence-corrected chi connectivity index (χ4v) is 4.44. The van der Waals surface area contributed by atoms with Gasteiger partial charge < -0.3 is 9.30 Å². The molecule has 3 aromatic rings. The van der Waals surface area contributed by atoms with Crippen LogP contribution in [0.2, 0.25) is 0 Å². The fraction of sp³-hybridized carbons (Fsp3) is 0.464. The predicted octanol–water partition coefficient (Wildman–Crippen LogP) is 6.47. The number of benzene rings is 2. The van der Waals surface area contributed by atoms with Crippen LogP contribution >= 0.6 is 0 Å². The van der Waals surface area contributed by atoms with Crippen molar-refractivity contribution in [2.75, 3.05) is 13.2 Å². The van der Waals surface area contributed by atoms with E-state index in [1.165, 1.54) is 22.9 Å². The molecule has 1 aliphatic heterocycles. The average molecular weight is 450 g/mol. The maximum Gasteiger partial charge on any atom is 0.140 e. The predicted molar refractivity (Wildman–Crippen MR) is 132 cm³/mol. The van der Waals surface area contributed by atoms with Crippen LogP contribution in [0.25, 0.3) is 11.4 Å². The van der Waals surface area contributed by atoms with Gasteiger partial charge in [-0.1, -0.05) is 51.5 Å². The van der Waals surface area contributed by atoms with E-state index in [0.29, 0.717) is 5.92 Å². The highest BCUT2D eigenvalue weighted by Gasteiger charge is 2.18. The topological polar surface area (TPSA) is 30.3 Å². The number of nitrogens with zero attached hydrogens (tertiary/aromatic N) is 3. The highest BCUT2D eigenvalue weighted by molar-refractivity contribution is 5.56. The van der Waals surface area contributed by atoms with Crippen LogP contribution in [0.3, 0.4) is 0 Å². The van der Waals surface area contributed by atoms with E-state index in [2.05, 4.69) is 48.4 Å². The molecule has 0 N–H and O–H groups in total. The lowest BCUT2D eigenvalue weighted by Crippen LogP contribution is -2.26. The Balaban J connectivity index is 1.59. The molecule has 4 nitrogen and oxygen atoms in total. The van der Waals surface area contributed by atoms with E-state index in [1.807, 2.05) is 12.3 Å². The molecule has 0 unspecified atom stereocenters. The molecule has 4 rings (SSSR count). The van der Waals surface area contributed by atoms with Gasteiger partial charge >= 0.3 is 0 Å². The van der Waals surface area contributed by atoms with Gasteiger partial charge in [0.2, 0.25) is 0 Å². The number of ether oxygens (including phenoxy) is 1. The van der Waals surface area contributed by atoms with Gasteiger partial charge in [0.25, 0.3) is 0 Å². The van der Waals surface area contributed by atoms with Gasteiger partial charge in [-0.25, -0.2) is 9.37 Å². The Morgan fingerprint density at radius 1 is 1.15 bits per heavy atom. The van der Waals surface area contributed by atoms with E-state index in [1.54, 1.807) is 12.1 Å². The molecule has 1 aromatic heterocycles. The first-order chi connectivity index (χ1) is 16.0. The van der Waals surface area contributed by atoms with Crippen LogP contribution in [0.15, 0.2) is 48.7 Å². The van der Waals surface area contributed by atoms with Crippen molar-refractivity contribution in [3.63, 3.8) is 0 Å². The van der Waals surface area contributed by atoms with Crippen LogP contribution < -0.4 is 4.74 Å². The number of fused-ring (bicyclic) bond motifs is 1. The lowest BCUT2D eigenvalue weighted by molar-refractivity contribution is 0.235. The molecule has 0 fully saturated rings. The zero-order valence-corrected chi connectivity index (χ0v) is 20.2. The van der Waals surface area contributed by atoms with Crippen LogP contribution in [0.5, 0.6) is 5.75 Å². The normalized spacial score (nSPS) is 13.0. The molecule has 1 aliphatic rings. The average Bonchev–Trinajstić information content (AvgIpc) is 3.42. The summed E-state index contributed by atoms with van der Waals surface area (Å²) >= 11 is 0.